The topological polar surface area (TPSA) is 95.9 Å². The van der Waals surface area contributed by atoms with E-state index in [9.17, 15) is 19.8 Å². The van der Waals surface area contributed by atoms with Crippen LogP contribution in [0.2, 0.25) is 0 Å². The van der Waals surface area contributed by atoms with E-state index in [2.05, 4.69) is 135 Å². The number of allylic oxidation sites excluding steroid dienone is 19. The summed E-state index contributed by atoms with van der Waals surface area (Å²) >= 11 is 0. The van der Waals surface area contributed by atoms with E-state index in [-0.39, 0.29) is 24.9 Å². The summed E-state index contributed by atoms with van der Waals surface area (Å²) in [5.74, 6) is -0.662. The SMILES string of the molecule is CC/C=C\C/C=C\C/C=C\C/C=C\C/C=C\C/C=C\C(CC(=O)NC(CO)C(O)CCCCCCCCCCCCCCCCCCC)OC(=O)CCCCCCC/C=C/C=C/C=C/C=C/CCCCC. The normalized spacial score (nSPS) is 14.0. The molecule has 3 N–H and O–H groups in total. The predicted molar refractivity (Wildman–Crippen MR) is 310 cm³/mol. The molecule has 71 heavy (non-hydrogen) atoms. The molecule has 0 aliphatic rings. The highest BCUT2D eigenvalue weighted by molar-refractivity contribution is 5.78. The number of aliphatic hydroxyl groups is 2. The smallest absolute Gasteiger partial charge is 0.306 e. The number of hydrogen-bond donors (Lipinski definition) is 3. The minimum atomic E-state index is -0.833. The second-order valence-electron chi connectivity index (χ2n) is 19.4. The molecule has 6 nitrogen and oxygen atoms in total. The van der Waals surface area contributed by atoms with Crippen molar-refractivity contribution in [1.29, 1.82) is 0 Å². The molecular formula is C65H109NO5. The van der Waals surface area contributed by atoms with Crippen molar-refractivity contribution < 1.29 is 24.5 Å². The number of carbonyl (C=O) groups excluding carboxylic acids is 2. The van der Waals surface area contributed by atoms with Gasteiger partial charge in [-0.1, -0.05) is 277 Å². The quantitative estimate of drug-likeness (QED) is 0.0244. The van der Waals surface area contributed by atoms with E-state index in [0.717, 1.165) is 96.3 Å². The largest absolute Gasteiger partial charge is 0.458 e. The number of rotatable bonds is 51. The van der Waals surface area contributed by atoms with Crippen molar-refractivity contribution in [2.24, 2.45) is 0 Å². The Labute approximate surface area is 438 Å². The number of ether oxygens (including phenoxy) is 1. The second kappa shape index (κ2) is 57.2. The number of unbranched alkanes of at least 4 members (excludes halogenated alkanes) is 24. The Kier molecular flexibility index (Phi) is 54.2. The summed E-state index contributed by atoms with van der Waals surface area (Å²) in [5, 5.41) is 23.8. The van der Waals surface area contributed by atoms with Crippen LogP contribution >= 0.6 is 0 Å². The summed E-state index contributed by atoms with van der Waals surface area (Å²) in [6.07, 6.45) is 80.0. The van der Waals surface area contributed by atoms with Crippen molar-refractivity contribution >= 4 is 11.9 Å². The Morgan fingerprint density at radius 3 is 1.30 bits per heavy atom. The Hall–Kier alpha value is -3.74. The zero-order chi connectivity index (χ0) is 51.6. The van der Waals surface area contributed by atoms with Gasteiger partial charge in [-0.2, -0.15) is 0 Å². The molecule has 0 aliphatic carbocycles. The van der Waals surface area contributed by atoms with Crippen molar-refractivity contribution in [3.63, 3.8) is 0 Å². The zero-order valence-corrected chi connectivity index (χ0v) is 46.1. The van der Waals surface area contributed by atoms with Gasteiger partial charge in [0.1, 0.15) is 6.10 Å². The van der Waals surface area contributed by atoms with Crippen molar-refractivity contribution in [3.05, 3.63) is 122 Å². The van der Waals surface area contributed by atoms with Gasteiger partial charge in [-0.3, -0.25) is 9.59 Å². The third-order valence-electron chi connectivity index (χ3n) is 12.6. The van der Waals surface area contributed by atoms with Crippen LogP contribution in [-0.4, -0.2) is 46.9 Å². The lowest BCUT2D eigenvalue weighted by atomic mass is 10.0. The molecule has 0 rings (SSSR count). The maximum absolute atomic E-state index is 13.3. The molecule has 0 aromatic carbocycles. The van der Waals surface area contributed by atoms with Gasteiger partial charge in [-0.25, -0.2) is 0 Å². The molecule has 0 bridgehead atoms. The molecule has 1 amide bonds. The van der Waals surface area contributed by atoms with E-state index in [1.165, 1.54) is 109 Å². The first-order chi connectivity index (χ1) is 35.0. The van der Waals surface area contributed by atoms with Crippen LogP contribution in [0.25, 0.3) is 0 Å². The molecule has 0 aliphatic heterocycles. The van der Waals surface area contributed by atoms with Crippen LogP contribution in [0.5, 0.6) is 0 Å². The van der Waals surface area contributed by atoms with Gasteiger partial charge in [0.05, 0.1) is 25.2 Å². The number of carbonyl (C=O) groups is 2. The summed E-state index contributed by atoms with van der Waals surface area (Å²) in [5.41, 5.74) is 0. The highest BCUT2D eigenvalue weighted by Gasteiger charge is 2.23. The molecule has 0 fully saturated rings. The van der Waals surface area contributed by atoms with Crippen LogP contribution in [-0.2, 0) is 14.3 Å². The van der Waals surface area contributed by atoms with Crippen molar-refractivity contribution in [1.82, 2.24) is 5.32 Å². The third-order valence-corrected chi connectivity index (χ3v) is 12.6. The molecule has 3 unspecified atom stereocenters. The average molecular weight is 985 g/mol. The summed E-state index contributed by atoms with van der Waals surface area (Å²) in [7, 11) is 0. The minimum Gasteiger partial charge on any atom is -0.458 e. The van der Waals surface area contributed by atoms with Crippen LogP contribution in [0.3, 0.4) is 0 Å². The molecule has 0 spiro atoms. The first-order valence-electron chi connectivity index (χ1n) is 29.3. The van der Waals surface area contributed by atoms with Gasteiger partial charge >= 0.3 is 5.97 Å². The summed E-state index contributed by atoms with van der Waals surface area (Å²) in [4.78, 5) is 26.2. The van der Waals surface area contributed by atoms with Crippen molar-refractivity contribution in [2.45, 2.75) is 270 Å². The van der Waals surface area contributed by atoms with Gasteiger partial charge < -0.3 is 20.3 Å². The molecular weight excluding hydrogens is 875 g/mol. The molecule has 6 heteroatoms. The Bertz CT molecular complexity index is 1480. The lowest BCUT2D eigenvalue weighted by Crippen LogP contribution is -2.46. The van der Waals surface area contributed by atoms with Crippen LogP contribution in [0, 0.1) is 0 Å². The zero-order valence-electron chi connectivity index (χ0n) is 46.1. The predicted octanol–water partition coefficient (Wildman–Crippen LogP) is 18.4. The van der Waals surface area contributed by atoms with Gasteiger partial charge in [0.25, 0.3) is 0 Å². The summed E-state index contributed by atoms with van der Waals surface area (Å²) in [6.45, 7) is 6.30. The number of aliphatic hydroxyl groups excluding tert-OH is 2. The molecule has 0 radical (unpaired) electrons. The third kappa shape index (κ3) is 52.4. The van der Waals surface area contributed by atoms with E-state index in [1.54, 1.807) is 6.08 Å². The molecule has 0 aromatic rings. The minimum absolute atomic E-state index is 0.0641. The number of amides is 1. The lowest BCUT2D eigenvalue weighted by Gasteiger charge is -2.23. The Morgan fingerprint density at radius 1 is 0.451 bits per heavy atom. The fraction of sp³-hybridized carbons (Fsp3) is 0.662. The van der Waals surface area contributed by atoms with Crippen LogP contribution in [0.4, 0.5) is 0 Å². The summed E-state index contributed by atoms with van der Waals surface area (Å²) < 4.78 is 5.84. The van der Waals surface area contributed by atoms with Crippen LogP contribution < -0.4 is 5.32 Å². The molecule has 0 aromatic heterocycles. The maximum Gasteiger partial charge on any atom is 0.306 e. The highest BCUT2D eigenvalue weighted by atomic mass is 16.5. The molecule has 3 atom stereocenters. The Morgan fingerprint density at radius 2 is 0.831 bits per heavy atom. The first-order valence-corrected chi connectivity index (χ1v) is 29.3. The average Bonchev–Trinajstić information content (AvgIpc) is 3.36. The van der Waals surface area contributed by atoms with Gasteiger partial charge in [-0.05, 0) is 83.1 Å². The van der Waals surface area contributed by atoms with Crippen molar-refractivity contribution in [2.75, 3.05) is 6.61 Å². The van der Waals surface area contributed by atoms with Gasteiger partial charge in [0, 0.05) is 6.42 Å². The van der Waals surface area contributed by atoms with Crippen molar-refractivity contribution in [3.8, 4) is 0 Å². The molecule has 0 heterocycles. The highest BCUT2D eigenvalue weighted by Crippen LogP contribution is 2.16. The molecule has 0 saturated heterocycles. The fourth-order valence-electron chi connectivity index (χ4n) is 8.20. The molecule has 0 saturated carbocycles. The standard InChI is InChI=1S/C65H109NO5/c1-4-7-10-13-16-19-22-25-28-31-34-37-40-43-46-49-52-55-58-65(70)71-61(56-53-50-47-44-41-38-35-32-29-26-23-20-17-14-11-8-5-2)59-64(69)66-62(60-67)63(68)57-54-51-48-45-42-39-36-33-30-27-24-21-18-15-12-9-6-3/h8,11,16-17,19-20,22,25-26,28-29,31,34-35,37-38,44,47,53,56,61-63,67-68H,4-7,9-10,12-15,18,21,23-24,27,30,32-33,36,39-43,45-46,48-52,54-55,57-60H2,1-3H3,(H,66,69)/b11-8-,19-16+,20-17-,25-22+,29-26-,31-28+,37-34+,38-35-,47-44-,56-53-. The number of esters is 1. The van der Waals surface area contributed by atoms with E-state index >= 15 is 0 Å². The summed E-state index contributed by atoms with van der Waals surface area (Å²) in [6, 6.07) is -0.758. The van der Waals surface area contributed by atoms with E-state index in [1.807, 2.05) is 6.08 Å². The van der Waals surface area contributed by atoms with E-state index in [0.29, 0.717) is 19.3 Å². The second-order valence-corrected chi connectivity index (χ2v) is 19.4. The van der Waals surface area contributed by atoms with Crippen LogP contribution in [0.15, 0.2) is 122 Å². The fourth-order valence-corrected chi connectivity index (χ4v) is 8.20. The number of nitrogens with one attached hydrogen (secondary N) is 1. The first kappa shape index (κ1) is 67.3. The van der Waals surface area contributed by atoms with E-state index < -0.39 is 18.2 Å². The Balaban J connectivity index is 4.77. The molecule has 404 valence electrons. The van der Waals surface area contributed by atoms with Gasteiger partial charge in [-0.15, -0.1) is 0 Å². The maximum atomic E-state index is 13.3. The monoisotopic (exact) mass is 984 g/mol. The van der Waals surface area contributed by atoms with E-state index in [4.69, 9.17) is 4.74 Å². The van der Waals surface area contributed by atoms with Gasteiger partial charge in [0.15, 0.2) is 0 Å². The number of hydrogen-bond acceptors (Lipinski definition) is 5. The lowest BCUT2D eigenvalue weighted by molar-refractivity contribution is -0.148. The van der Waals surface area contributed by atoms with Crippen LogP contribution in [0.1, 0.15) is 252 Å². The van der Waals surface area contributed by atoms with Gasteiger partial charge in [0.2, 0.25) is 5.91 Å².